The number of hydroxylamine groups is 1. The highest BCUT2D eigenvalue weighted by Crippen LogP contribution is 2.15. The Morgan fingerprint density at radius 2 is 2.18 bits per heavy atom. The summed E-state index contributed by atoms with van der Waals surface area (Å²) < 4.78 is 5.10. The third kappa shape index (κ3) is 3.95. The van der Waals surface area contributed by atoms with E-state index in [1.165, 1.54) is 12.3 Å². The van der Waals surface area contributed by atoms with E-state index >= 15 is 0 Å². The Labute approximate surface area is 126 Å². The molecular weight excluding hydrogens is 290 g/mol. The summed E-state index contributed by atoms with van der Waals surface area (Å²) in [4.78, 5) is 35.8. The summed E-state index contributed by atoms with van der Waals surface area (Å²) in [6.45, 7) is 0.279. The van der Waals surface area contributed by atoms with Crippen molar-refractivity contribution < 1.29 is 24.0 Å². The summed E-state index contributed by atoms with van der Waals surface area (Å²) >= 11 is 0. The van der Waals surface area contributed by atoms with Gasteiger partial charge >= 0.3 is 6.03 Å². The van der Waals surface area contributed by atoms with E-state index < -0.39 is 17.8 Å². The average Bonchev–Trinajstić information content (AvgIpc) is 3.10. The molecule has 0 saturated carbocycles. The van der Waals surface area contributed by atoms with Crippen molar-refractivity contribution in [3.05, 3.63) is 29.9 Å². The maximum atomic E-state index is 12.1. The number of furan rings is 1. The van der Waals surface area contributed by atoms with Gasteiger partial charge in [0.15, 0.2) is 0 Å². The van der Waals surface area contributed by atoms with Crippen molar-refractivity contribution in [2.75, 3.05) is 6.54 Å². The molecule has 1 aromatic rings. The monoisotopic (exact) mass is 307 g/mol. The molecule has 0 unspecified atom stereocenters. The minimum absolute atomic E-state index is 0.180. The van der Waals surface area contributed by atoms with Gasteiger partial charge in [-0.2, -0.15) is 0 Å². The van der Waals surface area contributed by atoms with Crippen LogP contribution in [0.4, 0.5) is 4.79 Å². The second kappa shape index (κ2) is 7.41. The molecule has 2 heterocycles. The Bertz CT molecular complexity index is 579. The molecule has 0 bridgehead atoms. The predicted molar refractivity (Wildman–Crippen MR) is 75.3 cm³/mol. The van der Waals surface area contributed by atoms with Crippen molar-refractivity contribution in [1.29, 1.82) is 0 Å². The van der Waals surface area contributed by atoms with Gasteiger partial charge in [0.05, 0.1) is 6.26 Å². The smallest absolute Gasteiger partial charge is 0.329 e. The number of hydrogen-bond donors (Lipinski definition) is 3. The van der Waals surface area contributed by atoms with E-state index in [9.17, 15) is 14.4 Å². The standard InChI is InChI=1S/C14H17N3O5/c18-12(16-21)6-2-1-3-7-17-13(19)11(15-14(17)20)9-10-5-4-8-22-10/h4-5,8-9,21H,1-3,6-7H2,(H,15,20)(H,16,18)/b11-9-. The van der Waals surface area contributed by atoms with Crippen LogP contribution in [0.2, 0.25) is 0 Å². The van der Waals surface area contributed by atoms with E-state index in [4.69, 9.17) is 9.62 Å². The number of hydrogen-bond acceptors (Lipinski definition) is 5. The van der Waals surface area contributed by atoms with Crippen molar-refractivity contribution in [3.8, 4) is 0 Å². The molecule has 4 amide bonds. The molecule has 118 valence electrons. The van der Waals surface area contributed by atoms with Gasteiger partial charge in [-0.15, -0.1) is 0 Å². The van der Waals surface area contributed by atoms with Crippen LogP contribution in [-0.2, 0) is 9.59 Å². The summed E-state index contributed by atoms with van der Waals surface area (Å²) in [6, 6.07) is 2.91. The Balaban J connectivity index is 1.81. The molecule has 0 radical (unpaired) electrons. The number of rotatable bonds is 7. The number of imide groups is 1. The molecule has 1 aliphatic heterocycles. The van der Waals surface area contributed by atoms with Crippen molar-refractivity contribution >= 4 is 23.9 Å². The molecule has 22 heavy (non-hydrogen) atoms. The van der Waals surface area contributed by atoms with Gasteiger partial charge in [0.2, 0.25) is 5.91 Å². The zero-order chi connectivity index (χ0) is 15.9. The number of unbranched alkanes of at least 4 members (excludes halogenated alkanes) is 2. The van der Waals surface area contributed by atoms with Gasteiger partial charge < -0.3 is 9.73 Å². The van der Waals surface area contributed by atoms with Crippen LogP contribution in [0.3, 0.4) is 0 Å². The van der Waals surface area contributed by atoms with Crippen LogP contribution in [0.5, 0.6) is 0 Å². The summed E-state index contributed by atoms with van der Waals surface area (Å²) in [5.74, 6) is -0.353. The van der Waals surface area contributed by atoms with Crippen LogP contribution in [0.25, 0.3) is 6.08 Å². The Hall–Kier alpha value is -2.61. The number of nitrogens with zero attached hydrogens (tertiary/aromatic N) is 1. The van der Waals surface area contributed by atoms with Crippen molar-refractivity contribution in [3.63, 3.8) is 0 Å². The third-order valence-corrected chi connectivity index (χ3v) is 3.20. The number of amides is 4. The molecule has 0 aromatic carbocycles. The Morgan fingerprint density at radius 3 is 2.86 bits per heavy atom. The lowest BCUT2D eigenvalue weighted by molar-refractivity contribution is -0.129. The van der Waals surface area contributed by atoms with Gasteiger partial charge in [-0.25, -0.2) is 10.3 Å². The first-order valence-electron chi connectivity index (χ1n) is 6.93. The Morgan fingerprint density at radius 1 is 1.36 bits per heavy atom. The lowest BCUT2D eigenvalue weighted by Gasteiger charge is -2.11. The molecule has 1 aliphatic rings. The van der Waals surface area contributed by atoms with E-state index in [1.54, 1.807) is 17.6 Å². The molecule has 3 N–H and O–H groups in total. The topological polar surface area (TPSA) is 112 Å². The lowest BCUT2D eigenvalue weighted by atomic mass is 10.2. The third-order valence-electron chi connectivity index (χ3n) is 3.20. The highest BCUT2D eigenvalue weighted by atomic mass is 16.5. The minimum atomic E-state index is -0.462. The van der Waals surface area contributed by atoms with E-state index in [0.29, 0.717) is 25.0 Å². The Kier molecular flexibility index (Phi) is 5.31. The summed E-state index contributed by atoms with van der Waals surface area (Å²) in [6.07, 6.45) is 5.00. The molecule has 0 atom stereocenters. The van der Waals surface area contributed by atoms with Crippen LogP contribution >= 0.6 is 0 Å². The molecule has 2 rings (SSSR count). The number of carbonyl (C=O) groups excluding carboxylic acids is 3. The molecule has 8 heteroatoms. The molecule has 1 fully saturated rings. The minimum Gasteiger partial charge on any atom is -0.465 e. The first-order valence-corrected chi connectivity index (χ1v) is 6.93. The maximum Gasteiger partial charge on any atom is 0.329 e. The first-order chi connectivity index (χ1) is 10.6. The van der Waals surface area contributed by atoms with Gasteiger partial charge in [0, 0.05) is 19.0 Å². The quantitative estimate of drug-likeness (QED) is 0.231. The van der Waals surface area contributed by atoms with Gasteiger partial charge in [-0.05, 0) is 25.0 Å². The normalized spacial score (nSPS) is 16.2. The van der Waals surface area contributed by atoms with Crippen LogP contribution in [-0.4, -0.2) is 34.5 Å². The van der Waals surface area contributed by atoms with Crippen LogP contribution in [0.1, 0.15) is 31.4 Å². The van der Waals surface area contributed by atoms with Gasteiger partial charge in [0.1, 0.15) is 11.5 Å². The fraction of sp³-hybridized carbons (Fsp3) is 0.357. The molecule has 1 saturated heterocycles. The fourth-order valence-electron chi connectivity index (χ4n) is 2.08. The van der Waals surface area contributed by atoms with Crippen molar-refractivity contribution in [1.82, 2.24) is 15.7 Å². The second-order valence-corrected chi connectivity index (χ2v) is 4.81. The zero-order valence-corrected chi connectivity index (χ0v) is 11.9. The van der Waals surface area contributed by atoms with E-state index in [0.717, 1.165) is 4.90 Å². The second-order valence-electron chi connectivity index (χ2n) is 4.81. The summed E-state index contributed by atoms with van der Waals surface area (Å²) in [7, 11) is 0. The molecule has 1 aromatic heterocycles. The molecule has 0 spiro atoms. The predicted octanol–water partition coefficient (Wildman–Crippen LogP) is 1.24. The van der Waals surface area contributed by atoms with E-state index in [1.807, 2.05) is 0 Å². The largest absolute Gasteiger partial charge is 0.465 e. The van der Waals surface area contributed by atoms with Gasteiger partial charge in [-0.3, -0.25) is 19.7 Å². The zero-order valence-electron chi connectivity index (χ0n) is 11.9. The average molecular weight is 307 g/mol. The SMILES string of the molecule is O=C(CCCCCN1C(=O)N/C(=C\c2ccco2)C1=O)NO. The molecule has 8 nitrogen and oxygen atoms in total. The van der Waals surface area contributed by atoms with Crippen molar-refractivity contribution in [2.45, 2.75) is 25.7 Å². The van der Waals surface area contributed by atoms with E-state index in [-0.39, 0.29) is 18.7 Å². The lowest BCUT2D eigenvalue weighted by Crippen LogP contribution is -2.31. The molecule has 0 aliphatic carbocycles. The van der Waals surface area contributed by atoms with Gasteiger partial charge in [0.25, 0.3) is 5.91 Å². The first kappa shape index (κ1) is 15.8. The van der Waals surface area contributed by atoms with Crippen LogP contribution < -0.4 is 10.8 Å². The summed E-state index contributed by atoms with van der Waals surface area (Å²) in [5.41, 5.74) is 1.73. The van der Waals surface area contributed by atoms with Crippen molar-refractivity contribution in [2.24, 2.45) is 0 Å². The highest BCUT2D eigenvalue weighted by molar-refractivity contribution is 6.13. The highest BCUT2D eigenvalue weighted by Gasteiger charge is 2.33. The van der Waals surface area contributed by atoms with Gasteiger partial charge in [-0.1, -0.05) is 6.42 Å². The van der Waals surface area contributed by atoms with Crippen LogP contribution in [0.15, 0.2) is 28.5 Å². The maximum absolute atomic E-state index is 12.1. The number of nitrogens with one attached hydrogen (secondary N) is 2. The summed E-state index contributed by atoms with van der Waals surface area (Å²) in [5, 5.41) is 10.9. The fourth-order valence-corrected chi connectivity index (χ4v) is 2.08. The number of urea groups is 1. The number of carbonyl (C=O) groups is 3. The molecular formula is C14H17N3O5. The van der Waals surface area contributed by atoms with Crippen LogP contribution in [0, 0.1) is 0 Å². The van der Waals surface area contributed by atoms with E-state index in [2.05, 4.69) is 5.32 Å².